The van der Waals surface area contributed by atoms with E-state index in [1.165, 1.54) is 0 Å². The maximum absolute atomic E-state index is 6.04. The third-order valence-electron chi connectivity index (χ3n) is 2.66. The van der Waals surface area contributed by atoms with Crippen molar-refractivity contribution in [2.75, 3.05) is 6.79 Å². The number of nitrogens with zero attached hydrogens (tertiary/aromatic N) is 1. The molecule has 3 rings (SSSR count). The molecule has 1 aliphatic rings. The van der Waals surface area contributed by atoms with Crippen LogP contribution in [0.2, 0.25) is 10.0 Å². The Labute approximate surface area is 120 Å². The molecule has 0 N–H and O–H groups in total. The van der Waals surface area contributed by atoms with E-state index in [4.69, 9.17) is 32.7 Å². The minimum Gasteiger partial charge on any atom is -0.454 e. The third-order valence-corrected chi connectivity index (χ3v) is 3.21. The molecule has 2 aromatic carbocycles. The number of hydrogen-bond acceptors (Lipinski definition) is 3. The average molecular weight is 294 g/mol. The molecule has 0 spiro atoms. The van der Waals surface area contributed by atoms with E-state index in [0.29, 0.717) is 15.7 Å². The van der Waals surface area contributed by atoms with Crippen molar-refractivity contribution < 1.29 is 9.47 Å². The van der Waals surface area contributed by atoms with Crippen molar-refractivity contribution in [3.63, 3.8) is 0 Å². The van der Waals surface area contributed by atoms with Crippen molar-refractivity contribution in [2.24, 2.45) is 4.99 Å². The van der Waals surface area contributed by atoms with E-state index in [1.54, 1.807) is 24.4 Å². The van der Waals surface area contributed by atoms with Gasteiger partial charge in [0, 0.05) is 11.2 Å². The van der Waals surface area contributed by atoms with E-state index in [9.17, 15) is 0 Å². The van der Waals surface area contributed by atoms with Crippen LogP contribution in [-0.4, -0.2) is 13.0 Å². The van der Waals surface area contributed by atoms with Gasteiger partial charge in [0.1, 0.15) is 0 Å². The van der Waals surface area contributed by atoms with Crippen LogP contribution >= 0.6 is 23.2 Å². The average Bonchev–Trinajstić information content (AvgIpc) is 2.87. The van der Waals surface area contributed by atoms with Crippen molar-refractivity contribution in [1.29, 1.82) is 0 Å². The molecule has 5 heteroatoms. The Balaban J connectivity index is 1.88. The molecule has 0 amide bonds. The first-order valence-corrected chi connectivity index (χ1v) is 6.37. The van der Waals surface area contributed by atoms with Crippen LogP contribution in [0.5, 0.6) is 11.5 Å². The summed E-state index contributed by atoms with van der Waals surface area (Å²) < 4.78 is 10.5. The van der Waals surface area contributed by atoms with Gasteiger partial charge in [-0.3, -0.25) is 4.99 Å². The fourth-order valence-electron chi connectivity index (χ4n) is 1.72. The van der Waals surface area contributed by atoms with Gasteiger partial charge in [-0.15, -0.1) is 0 Å². The zero-order chi connectivity index (χ0) is 13.2. The van der Waals surface area contributed by atoms with Gasteiger partial charge in [0.05, 0.1) is 10.7 Å². The Hall–Kier alpha value is -1.71. The highest BCUT2D eigenvalue weighted by atomic mass is 35.5. The molecule has 0 saturated carbocycles. The summed E-state index contributed by atoms with van der Waals surface area (Å²) in [6.07, 6.45) is 1.71. The third kappa shape index (κ3) is 2.67. The van der Waals surface area contributed by atoms with E-state index in [2.05, 4.69) is 4.99 Å². The SMILES string of the molecule is Clc1ccc(Cl)c(N=Cc2ccc3c(c2)OCO3)c1. The number of aliphatic imine (C=N–C) groups is 1. The van der Waals surface area contributed by atoms with Gasteiger partial charge in [0.15, 0.2) is 11.5 Å². The van der Waals surface area contributed by atoms with Crippen molar-refractivity contribution >= 4 is 35.1 Å². The Bertz CT molecular complexity index is 656. The Morgan fingerprint density at radius 2 is 1.84 bits per heavy atom. The maximum atomic E-state index is 6.04. The van der Waals surface area contributed by atoms with Crippen LogP contribution in [-0.2, 0) is 0 Å². The topological polar surface area (TPSA) is 30.8 Å². The van der Waals surface area contributed by atoms with Gasteiger partial charge in [-0.2, -0.15) is 0 Å². The molecule has 1 aliphatic heterocycles. The largest absolute Gasteiger partial charge is 0.454 e. The summed E-state index contributed by atoms with van der Waals surface area (Å²) in [5, 5.41) is 1.16. The second-order valence-corrected chi connectivity index (χ2v) is 4.81. The minimum atomic E-state index is 0.260. The number of hydrogen-bond donors (Lipinski definition) is 0. The summed E-state index contributed by atoms with van der Waals surface area (Å²) in [5.74, 6) is 1.47. The summed E-state index contributed by atoms with van der Waals surface area (Å²) in [4.78, 5) is 4.32. The number of rotatable bonds is 2. The molecule has 0 radical (unpaired) electrons. The second kappa shape index (κ2) is 5.11. The molecular formula is C14H9Cl2NO2. The molecule has 0 aliphatic carbocycles. The van der Waals surface area contributed by atoms with Crippen LogP contribution in [0.3, 0.4) is 0 Å². The van der Waals surface area contributed by atoms with E-state index in [1.807, 2.05) is 18.2 Å². The molecule has 1 heterocycles. The summed E-state index contributed by atoms with van der Waals surface area (Å²) in [6.45, 7) is 0.260. The van der Waals surface area contributed by atoms with Gasteiger partial charge in [0.25, 0.3) is 0 Å². The van der Waals surface area contributed by atoms with Crippen LogP contribution in [0, 0.1) is 0 Å². The fourth-order valence-corrected chi connectivity index (χ4v) is 2.05. The van der Waals surface area contributed by atoms with E-state index in [-0.39, 0.29) is 6.79 Å². The molecular weight excluding hydrogens is 285 g/mol. The van der Waals surface area contributed by atoms with E-state index < -0.39 is 0 Å². The predicted molar refractivity (Wildman–Crippen MR) is 76.3 cm³/mol. The van der Waals surface area contributed by atoms with Gasteiger partial charge < -0.3 is 9.47 Å². The zero-order valence-electron chi connectivity index (χ0n) is 9.77. The van der Waals surface area contributed by atoms with Crippen LogP contribution < -0.4 is 9.47 Å². The Morgan fingerprint density at radius 1 is 1.00 bits per heavy atom. The number of halogens is 2. The van der Waals surface area contributed by atoms with Crippen LogP contribution in [0.25, 0.3) is 0 Å². The summed E-state index contributed by atoms with van der Waals surface area (Å²) >= 11 is 11.9. The zero-order valence-corrected chi connectivity index (χ0v) is 11.3. The normalized spacial score (nSPS) is 13.2. The van der Waals surface area contributed by atoms with E-state index >= 15 is 0 Å². The predicted octanol–water partition coefficient (Wildman–Crippen LogP) is 4.47. The number of ether oxygens (including phenoxy) is 2. The highest BCUT2D eigenvalue weighted by molar-refractivity contribution is 6.35. The Kier molecular flexibility index (Phi) is 3.32. The first-order valence-electron chi connectivity index (χ1n) is 5.61. The smallest absolute Gasteiger partial charge is 0.231 e. The first kappa shape index (κ1) is 12.3. The quantitative estimate of drug-likeness (QED) is 0.765. The standard InChI is InChI=1S/C14H9Cl2NO2/c15-10-2-3-11(16)12(6-10)17-7-9-1-4-13-14(5-9)19-8-18-13/h1-7H,8H2. The lowest BCUT2D eigenvalue weighted by Gasteiger charge is -2.00. The monoisotopic (exact) mass is 293 g/mol. The molecule has 0 unspecified atom stereocenters. The van der Waals surface area contributed by atoms with Gasteiger partial charge in [-0.1, -0.05) is 23.2 Å². The molecule has 3 nitrogen and oxygen atoms in total. The molecule has 0 saturated heterocycles. The van der Waals surface area contributed by atoms with Gasteiger partial charge >= 0.3 is 0 Å². The molecule has 0 fully saturated rings. The molecule has 0 bridgehead atoms. The van der Waals surface area contributed by atoms with E-state index in [0.717, 1.165) is 17.1 Å². The maximum Gasteiger partial charge on any atom is 0.231 e. The second-order valence-electron chi connectivity index (χ2n) is 3.97. The van der Waals surface area contributed by atoms with Gasteiger partial charge in [0.2, 0.25) is 6.79 Å². The summed E-state index contributed by atoms with van der Waals surface area (Å²) in [7, 11) is 0. The first-order chi connectivity index (χ1) is 9.22. The lowest BCUT2D eigenvalue weighted by atomic mass is 10.2. The molecule has 0 atom stereocenters. The lowest BCUT2D eigenvalue weighted by molar-refractivity contribution is 0.174. The highest BCUT2D eigenvalue weighted by Crippen LogP contribution is 2.32. The summed E-state index contributed by atoms with van der Waals surface area (Å²) in [6, 6.07) is 10.8. The number of fused-ring (bicyclic) bond motifs is 1. The molecule has 96 valence electrons. The van der Waals surface area contributed by atoms with Gasteiger partial charge in [-0.25, -0.2) is 0 Å². The molecule has 2 aromatic rings. The van der Waals surface area contributed by atoms with Crippen molar-refractivity contribution in [1.82, 2.24) is 0 Å². The van der Waals surface area contributed by atoms with Crippen LogP contribution in [0.1, 0.15) is 5.56 Å². The fraction of sp³-hybridized carbons (Fsp3) is 0.0714. The van der Waals surface area contributed by atoms with Crippen molar-refractivity contribution in [2.45, 2.75) is 0 Å². The van der Waals surface area contributed by atoms with Crippen molar-refractivity contribution in [3.8, 4) is 11.5 Å². The minimum absolute atomic E-state index is 0.260. The Morgan fingerprint density at radius 3 is 2.74 bits per heavy atom. The lowest BCUT2D eigenvalue weighted by Crippen LogP contribution is -1.92. The highest BCUT2D eigenvalue weighted by Gasteiger charge is 2.12. The van der Waals surface area contributed by atoms with Crippen LogP contribution in [0.4, 0.5) is 5.69 Å². The molecule has 0 aromatic heterocycles. The van der Waals surface area contributed by atoms with Crippen LogP contribution in [0.15, 0.2) is 41.4 Å². The van der Waals surface area contributed by atoms with Gasteiger partial charge in [-0.05, 0) is 42.0 Å². The summed E-state index contributed by atoms with van der Waals surface area (Å²) in [5.41, 5.74) is 1.53. The molecule has 19 heavy (non-hydrogen) atoms. The number of benzene rings is 2. The van der Waals surface area contributed by atoms with Crippen molar-refractivity contribution in [3.05, 3.63) is 52.0 Å².